The second-order valence-corrected chi connectivity index (χ2v) is 9.72. The second kappa shape index (κ2) is 8.10. The Balaban J connectivity index is 1.53. The molecular formula is C20H19ClFN3O5S. The van der Waals surface area contributed by atoms with Crippen molar-refractivity contribution < 1.29 is 22.0 Å². The normalized spacial score (nSPS) is 17.7. The number of halogens is 2. The van der Waals surface area contributed by atoms with E-state index in [1.807, 2.05) is 0 Å². The minimum absolute atomic E-state index is 0.000130. The first-order chi connectivity index (χ1) is 14.7. The number of nitrogens with one attached hydrogen (secondary N) is 1. The molecule has 1 aliphatic rings. The summed E-state index contributed by atoms with van der Waals surface area (Å²) in [5.41, 5.74) is 0.992. The molecule has 1 fully saturated rings. The van der Waals surface area contributed by atoms with Crippen molar-refractivity contribution in [2.24, 2.45) is 13.0 Å². The lowest BCUT2D eigenvalue weighted by molar-refractivity contribution is -0.120. The average molecular weight is 468 g/mol. The molecular weight excluding hydrogens is 449 g/mol. The van der Waals surface area contributed by atoms with Gasteiger partial charge in [-0.25, -0.2) is 17.6 Å². The molecule has 0 aliphatic carbocycles. The van der Waals surface area contributed by atoms with Crippen LogP contribution >= 0.6 is 11.6 Å². The summed E-state index contributed by atoms with van der Waals surface area (Å²) < 4.78 is 47.2. The lowest BCUT2D eigenvalue weighted by Gasteiger charge is -2.31. The van der Waals surface area contributed by atoms with Gasteiger partial charge in [0.1, 0.15) is 5.82 Å². The number of oxazole rings is 1. The van der Waals surface area contributed by atoms with Gasteiger partial charge in [-0.05, 0) is 43.2 Å². The van der Waals surface area contributed by atoms with Crippen molar-refractivity contribution in [3.8, 4) is 0 Å². The first-order valence-electron chi connectivity index (χ1n) is 9.52. The molecule has 1 amide bonds. The quantitative estimate of drug-likeness (QED) is 0.635. The molecule has 2 aromatic carbocycles. The number of aromatic nitrogens is 1. The zero-order valence-electron chi connectivity index (χ0n) is 16.5. The Morgan fingerprint density at radius 1 is 1.26 bits per heavy atom. The van der Waals surface area contributed by atoms with Gasteiger partial charge in [-0.15, -0.1) is 0 Å². The SMILES string of the molecule is Cn1c(=O)oc2cc(S(=O)(=O)N3CCC[C@H](C(=O)Nc4ccc(F)c(Cl)c4)C3)ccc21. The maximum absolute atomic E-state index is 13.3. The van der Waals surface area contributed by atoms with E-state index >= 15 is 0 Å². The van der Waals surface area contributed by atoms with Crippen molar-refractivity contribution in [2.75, 3.05) is 18.4 Å². The third kappa shape index (κ3) is 4.10. The van der Waals surface area contributed by atoms with Crippen LogP contribution < -0.4 is 11.1 Å². The van der Waals surface area contributed by atoms with Crippen LogP contribution in [0.25, 0.3) is 11.1 Å². The Labute approximate surface area is 182 Å². The number of hydrogen-bond donors (Lipinski definition) is 1. The number of sulfonamides is 1. The van der Waals surface area contributed by atoms with E-state index in [1.54, 1.807) is 0 Å². The third-order valence-electron chi connectivity index (χ3n) is 5.34. The van der Waals surface area contributed by atoms with Crippen LogP contribution in [0.15, 0.2) is 50.5 Å². The second-order valence-electron chi connectivity index (χ2n) is 7.38. The van der Waals surface area contributed by atoms with Crippen LogP contribution in [0.2, 0.25) is 5.02 Å². The van der Waals surface area contributed by atoms with Crippen molar-refractivity contribution in [1.29, 1.82) is 0 Å². The van der Waals surface area contributed by atoms with E-state index < -0.39 is 27.5 Å². The summed E-state index contributed by atoms with van der Waals surface area (Å²) >= 11 is 5.74. The number of piperidine rings is 1. The third-order valence-corrected chi connectivity index (χ3v) is 7.49. The largest absolute Gasteiger partial charge is 0.419 e. The van der Waals surface area contributed by atoms with E-state index in [9.17, 15) is 22.4 Å². The average Bonchev–Trinajstić information content (AvgIpc) is 3.04. The van der Waals surface area contributed by atoms with Gasteiger partial charge in [-0.2, -0.15) is 4.31 Å². The van der Waals surface area contributed by atoms with Crippen molar-refractivity contribution >= 4 is 44.3 Å². The Hall–Kier alpha value is -2.69. The number of hydrogen-bond acceptors (Lipinski definition) is 5. The molecule has 1 N–H and O–H groups in total. The summed E-state index contributed by atoms with van der Waals surface area (Å²) in [6, 6.07) is 8.08. The number of fused-ring (bicyclic) bond motifs is 1. The number of benzene rings is 2. The lowest BCUT2D eigenvalue weighted by Crippen LogP contribution is -2.43. The zero-order chi connectivity index (χ0) is 22.3. The first kappa shape index (κ1) is 21.5. The minimum Gasteiger partial charge on any atom is -0.408 e. The van der Waals surface area contributed by atoms with E-state index in [-0.39, 0.29) is 34.5 Å². The number of anilines is 1. The number of amides is 1. The van der Waals surface area contributed by atoms with Crippen LogP contribution in [0.3, 0.4) is 0 Å². The smallest absolute Gasteiger partial charge is 0.408 e. The van der Waals surface area contributed by atoms with Gasteiger partial charge in [-0.3, -0.25) is 9.36 Å². The molecule has 31 heavy (non-hydrogen) atoms. The Morgan fingerprint density at radius 3 is 2.77 bits per heavy atom. The van der Waals surface area contributed by atoms with Gasteiger partial charge in [0.25, 0.3) is 0 Å². The van der Waals surface area contributed by atoms with Gasteiger partial charge in [0, 0.05) is 31.9 Å². The predicted molar refractivity (Wildman–Crippen MR) is 113 cm³/mol. The Bertz CT molecular complexity index is 1330. The predicted octanol–water partition coefficient (Wildman–Crippen LogP) is 2.96. The van der Waals surface area contributed by atoms with E-state index in [2.05, 4.69) is 5.32 Å². The Kier molecular flexibility index (Phi) is 5.63. The summed E-state index contributed by atoms with van der Waals surface area (Å²) in [5, 5.41) is 2.54. The first-order valence-corrected chi connectivity index (χ1v) is 11.3. The monoisotopic (exact) mass is 467 g/mol. The number of aryl methyl sites for hydroxylation is 1. The minimum atomic E-state index is -3.90. The van der Waals surface area contributed by atoms with Crippen LogP contribution in [0.1, 0.15) is 12.8 Å². The van der Waals surface area contributed by atoms with Gasteiger partial charge >= 0.3 is 5.76 Å². The molecule has 4 rings (SSSR count). The molecule has 3 aromatic rings. The molecule has 0 bridgehead atoms. The lowest BCUT2D eigenvalue weighted by atomic mass is 9.99. The zero-order valence-corrected chi connectivity index (χ0v) is 18.0. The maximum atomic E-state index is 13.3. The summed E-state index contributed by atoms with van der Waals surface area (Å²) in [5.74, 6) is -2.13. The maximum Gasteiger partial charge on any atom is 0.419 e. The standard InChI is InChI=1S/C20H19ClFN3O5S/c1-24-17-7-5-14(10-18(17)30-20(24)27)31(28,29)25-8-2-3-12(11-25)19(26)23-13-4-6-16(22)15(21)9-13/h4-7,9-10,12H,2-3,8,11H2,1H3,(H,23,26)/t12-/m0/s1. The molecule has 11 heteroatoms. The number of carbonyl (C=O) groups is 1. The molecule has 1 aromatic heterocycles. The Morgan fingerprint density at radius 2 is 2.03 bits per heavy atom. The van der Waals surface area contributed by atoms with Gasteiger partial charge in [0.15, 0.2) is 5.58 Å². The van der Waals surface area contributed by atoms with Crippen molar-refractivity contribution in [3.05, 3.63) is 57.8 Å². The summed E-state index contributed by atoms with van der Waals surface area (Å²) in [4.78, 5) is 24.3. The molecule has 1 aliphatic heterocycles. The summed E-state index contributed by atoms with van der Waals surface area (Å²) in [7, 11) is -2.37. The molecule has 1 saturated heterocycles. The highest BCUT2D eigenvalue weighted by Gasteiger charge is 2.33. The van der Waals surface area contributed by atoms with Crippen LogP contribution in [0, 0.1) is 11.7 Å². The van der Waals surface area contributed by atoms with Crippen molar-refractivity contribution in [2.45, 2.75) is 17.7 Å². The van der Waals surface area contributed by atoms with Crippen LogP contribution in [0.4, 0.5) is 10.1 Å². The van der Waals surface area contributed by atoms with E-state index in [0.717, 1.165) is 6.07 Å². The van der Waals surface area contributed by atoms with Gasteiger partial charge in [0.05, 0.1) is 21.4 Å². The number of nitrogens with zero attached hydrogens (tertiary/aromatic N) is 2. The summed E-state index contributed by atoms with van der Waals surface area (Å²) in [6.07, 6.45) is 1.02. The highest BCUT2D eigenvalue weighted by Crippen LogP contribution is 2.27. The topological polar surface area (TPSA) is 102 Å². The number of rotatable bonds is 4. The highest BCUT2D eigenvalue weighted by atomic mass is 35.5. The van der Waals surface area contributed by atoms with Gasteiger partial charge < -0.3 is 9.73 Å². The van der Waals surface area contributed by atoms with E-state index in [1.165, 1.54) is 46.3 Å². The van der Waals surface area contributed by atoms with E-state index in [4.69, 9.17) is 16.0 Å². The molecule has 164 valence electrons. The van der Waals surface area contributed by atoms with Crippen LogP contribution in [-0.2, 0) is 21.9 Å². The molecule has 0 radical (unpaired) electrons. The molecule has 0 unspecified atom stereocenters. The molecule has 2 heterocycles. The fourth-order valence-electron chi connectivity index (χ4n) is 3.62. The van der Waals surface area contributed by atoms with Crippen LogP contribution in [0.5, 0.6) is 0 Å². The molecule has 8 nitrogen and oxygen atoms in total. The molecule has 1 atom stereocenters. The molecule has 0 saturated carbocycles. The van der Waals surface area contributed by atoms with Crippen molar-refractivity contribution in [3.63, 3.8) is 0 Å². The fourth-order valence-corrected chi connectivity index (χ4v) is 5.34. The fraction of sp³-hybridized carbons (Fsp3) is 0.300. The highest BCUT2D eigenvalue weighted by molar-refractivity contribution is 7.89. The van der Waals surface area contributed by atoms with Gasteiger partial charge in [0.2, 0.25) is 15.9 Å². The molecule has 0 spiro atoms. The van der Waals surface area contributed by atoms with Gasteiger partial charge in [-0.1, -0.05) is 11.6 Å². The number of carbonyl (C=O) groups excluding carboxylic acids is 1. The summed E-state index contributed by atoms with van der Waals surface area (Å²) in [6.45, 7) is 0.269. The van der Waals surface area contributed by atoms with E-state index in [0.29, 0.717) is 24.0 Å². The van der Waals surface area contributed by atoms with Crippen LogP contribution in [-0.4, -0.2) is 36.3 Å². The van der Waals surface area contributed by atoms with Crippen molar-refractivity contribution in [1.82, 2.24) is 8.87 Å².